The number of halogens is 2. The third-order valence-electron chi connectivity index (χ3n) is 5.80. The number of hydrogen-bond donors (Lipinski definition) is 2. The second kappa shape index (κ2) is 9.30. The van der Waals surface area contributed by atoms with Gasteiger partial charge in [-0.15, -0.1) is 0 Å². The van der Waals surface area contributed by atoms with E-state index in [2.05, 4.69) is 17.2 Å². The quantitative estimate of drug-likeness (QED) is 0.465. The number of carbonyl (C=O) groups is 1. The smallest absolute Gasteiger partial charge is 0.269 e. The van der Waals surface area contributed by atoms with Crippen LogP contribution in [0.2, 0.25) is 10.0 Å². The van der Waals surface area contributed by atoms with Gasteiger partial charge in [0.2, 0.25) is 5.60 Å². The average molecular weight is 475 g/mol. The van der Waals surface area contributed by atoms with Crippen molar-refractivity contribution in [3.63, 3.8) is 0 Å². The fourth-order valence-corrected chi connectivity index (χ4v) is 4.43. The summed E-state index contributed by atoms with van der Waals surface area (Å²) in [6.45, 7) is 0. The van der Waals surface area contributed by atoms with E-state index < -0.39 is 16.9 Å². The number of amides is 1. The molecule has 0 spiro atoms. The molecule has 0 aromatic heterocycles. The minimum Gasteiger partial charge on any atom is -0.369 e. The monoisotopic (exact) mass is 474 g/mol. The number of hydrogen-bond acceptors (Lipinski definition) is 3. The SMILES string of the molecule is N#Cc1ccc(NC(=O)C(O)(C#Cc2ccccc2)CC2(c3ccccc3Cl)CC2)cc1Cl. The molecule has 3 aromatic carbocycles. The zero-order valence-corrected chi connectivity index (χ0v) is 19.1. The van der Waals surface area contributed by atoms with Crippen LogP contribution in [0.25, 0.3) is 0 Å². The first-order chi connectivity index (χ1) is 15.8. The molecule has 1 fully saturated rings. The standard InChI is InChI=1S/C27H20Cl2N2O2/c28-23-9-5-4-8-22(23)26(14-15-26)18-27(33,13-12-19-6-2-1-3-7-19)25(32)31-21-11-10-20(17-30)24(29)16-21/h1-11,16,33H,14-15,18H2,(H,31,32). The number of carbonyl (C=O) groups excluding carboxylic acids is 1. The highest BCUT2D eigenvalue weighted by atomic mass is 35.5. The maximum atomic E-state index is 13.3. The summed E-state index contributed by atoms with van der Waals surface area (Å²) < 4.78 is 0. The molecule has 3 aromatic rings. The zero-order chi connectivity index (χ0) is 23.5. The van der Waals surface area contributed by atoms with Crippen LogP contribution in [0, 0.1) is 23.2 Å². The Bertz CT molecular complexity index is 1300. The molecule has 33 heavy (non-hydrogen) atoms. The highest BCUT2D eigenvalue weighted by Gasteiger charge is 2.53. The van der Waals surface area contributed by atoms with E-state index in [1.54, 1.807) is 6.07 Å². The van der Waals surface area contributed by atoms with Crippen molar-refractivity contribution in [3.8, 4) is 17.9 Å². The van der Waals surface area contributed by atoms with Gasteiger partial charge in [-0.3, -0.25) is 4.79 Å². The van der Waals surface area contributed by atoms with Gasteiger partial charge in [0.1, 0.15) is 6.07 Å². The summed E-state index contributed by atoms with van der Waals surface area (Å²) in [5, 5.41) is 24.2. The molecule has 164 valence electrons. The lowest BCUT2D eigenvalue weighted by Crippen LogP contribution is -2.44. The molecule has 1 saturated carbocycles. The number of nitriles is 1. The van der Waals surface area contributed by atoms with E-state index >= 15 is 0 Å². The van der Waals surface area contributed by atoms with E-state index in [-0.39, 0.29) is 11.4 Å². The molecule has 1 aliphatic carbocycles. The Labute approximate surface area is 202 Å². The van der Waals surface area contributed by atoms with Gasteiger partial charge in [-0.25, -0.2) is 0 Å². The second-order valence-corrected chi connectivity index (χ2v) is 8.99. The summed E-state index contributed by atoms with van der Waals surface area (Å²) in [6.07, 6.45) is 1.68. The molecule has 0 radical (unpaired) electrons. The van der Waals surface area contributed by atoms with Crippen LogP contribution in [0.15, 0.2) is 72.8 Å². The number of aliphatic hydroxyl groups is 1. The van der Waals surface area contributed by atoms with Crippen LogP contribution in [0.5, 0.6) is 0 Å². The predicted molar refractivity (Wildman–Crippen MR) is 130 cm³/mol. The molecule has 4 nitrogen and oxygen atoms in total. The molecule has 0 bridgehead atoms. The average Bonchev–Trinajstić information content (AvgIpc) is 3.59. The summed E-state index contributed by atoms with van der Waals surface area (Å²) in [4.78, 5) is 13.3. The first-order valence-corrected chi connectivity index (χ1v) is 11.2. The highest BCUT2D eigenvalue weighted by Crippen LogP contribution is 2.55. The molecule has 6 heteroatoms. The first-order valence-electron chi connectivity index (χ1n) is 10.4. The summed E-state index contributed by atoms with van der Waals surface area (Å²) >= 11 is 12.6. The van der Waals surface area contributed by atoms with Gasteiger partial charge < -0.3 is 10.4 Å². The molecule has 1 unspecified atom stereocenters. The Hall–Kier alpha value is -3.28. The molecule has 1 aliphatic rings. The van der Waals surface area contributed by atoms with Crippen molar-refractivity contribution in [1.82, 2.24) is 0 Å². The van der Waals surface area contributed by atoms with Crippen LogP contribution in [0.1, 0.15) is 36.0 Å². The minimum absolute atomic E-state index is 0.0966. The van der Waals surface area contributed by atoms with Crippen LogP contribution in [-0.4, -0.2) is 16.6 Å². The van der Waals surface area contributed by atoms with E-state index in [1.807, 2.05) is 60.7 Å². The summed E-state index contributed by atoms with van der Waals surface area (Å²) in [5.74, 6) is 5.09. The Kier molecular flexibility index (Phi) is 6.45. The normalized spacial score (nSPS) is 15.3. The van der Waals surface area contributed by atoms with Crippen molar-refractivity contribution in [2.24, 2.45) is 0 Å². The van der Waals surface area contributed by atoms with Gasteiger partial charge in [0.05, 0.1) is 10.6 Å². The predicted octanol–water partition coefficient (Wildman–Crippen LogP) is 5.71. The molecule has 4 rings (SSSR count). The van der Waals surface area contributed by atoms with E-state index in [1.165, 1.54) is 12.1 Å². The lowest BCUT2D eigenvalue weighted by Gasteiger charge is -2.27. The summed E-state index contributed by atoms with van der Waals surface area (Å²) in [6, 6.07) is 23.2. The van der Waals surface area contributed by atoms with Crippen molar-refractivity contribution < 1.29 is 9.90 Å². The van der Waals surface area contributed by atoms with E-state index in [9.17, 15) is 9.90 Å². The molecule has 1 atom stereocenters. The van der Waals surface area contributed by atoms with Gasteiger partial charge in [-0.1, -0.05) is 71.4 Å². The van der Waals surface area contributed by atoms with E-state index in [4.69, 9.17) is 28.5 Å². The van der Waals surface area contributed by atoms with Gasteiger partial charge in [0.15, 0.2) is 0 Å². The van der Waals surface area contributed by atoms with Crippen molar-refractivity contribution in [1.29, 1.82) is 5.26 Å². The number of anilines is 1. The second-order valence-electron chi connectivity index (χ2n) is 8.17. The molecular weight excluding hydrogens is 455 g/mol. The fourth-order valence-electron chi connectivity index (χ4n) is 3.87. The first kappa shape index (κ1) is 22.9. The molecule has 0 saturated heterocycles. The topological polar surface area (TPSA) is 73.1 Å². The molecule has 1 amide bonds. The molecule has 0 heterocycles. The van der Waals surface area contributed by atoms with Crippen molar-refractivity contribution in [2.75, 3.05) is 5.32 Å². The Morgan fingerprint density at radius 2 is 1.73 bits per heavy atom. The Morgan fingerprint density at radius 1 is 1.03 bits per heavy atom. The Balaban J connectivity index is 1.68. The third-order valence-corrected chi connectivity index (χ3v) is 6.45. The van der Waals surface area contributed by atoms with Crippen molar-refractivity contribution in [2.45, 2.75) is 30.3 Å². The zero-order valence-electron chi connectivity index (χ0n) is 17.6. The molecular formula is C27H20Cl2N2O2. The summed E-state index contributed by atoms with van der Waals surface area (Å²) in [7, 11) is 0. The van der Waals surface area contributed by atoms with Gasteiger partial charge in [0.25, 0.3) is 5.91 Å². The third kappa shape index (κ3) is 5.05. The maximum Gasteiger partial charge on any atom is 0.269 e. The number of nitrogens with zero attached hydrogens (tertiary/aromatic N) is 1. The molecule has 0 aliphatic heterocycles. The Morgan fingerprint density at radius 3 is 2.36 bits per heavy atom. The van der Waals surface area contributed by atoms with Crippen LogP contribution >= 0.6 is 23.2 Å². The van der Waals surface area contributed by atoms with Gasteiger partial charge in [-0.2, -0.15) is 5.26 Å². The number of nitrogens with one attached hydrogen (secondary N) is 1. The number of rotatable bonds is 5. The van der Waals surface area contributed by atoms with Gasteiger partial charge in [0, 0.05) is 28.1 Å². The fraction of sp³-hybridized carbons (Fsp3) is 0.185. The summed E-state index contributed by atoms with van der Waals surface area (Å²) in [5.41, 5.74) is -0.159. The highest BCUT2D eigenvalue weighted by molar-refractivity contribution is 6.32. The molecule has 2 N–H and O–H groups in total. The largest absolute Gasteiger partial charge is 0.369 e. The van der Waals surface area contributed by atoms with Crippen LogP contribution in [0.4, 0.5) is 5.69 Å². The lowest BCUT2D eigenvalue weighted by atomic mass is 9.82. The minimum atomic E-state index is -1.98. The maximum absolute atomic E-state index is 13.3. The van der Waals surface area contributed by atoms with E-state index in [0.29, 0.717) is 21.8 Å². The van der Waals surface area contributed by atoms with Crippen molar-refractivity contribution in [3.05, 3.63) is 99.5 Å². The van der Waals surface area contributed by atoms with Gasteiger partial charge in [-0.05, 0) is 54.8 Å². The van der Waals surface area contributed by atoms with Crippen molar-refractivity contribution >= 4 is 34.8 Å². The lowest BCUT2D eigenvalue weighted by molar-refractivity contribution is -0.129. The van der Waals surface area contributed by atoms with E-state index in [0.717, 1.165) is 18.4 Å². The van der Waals surface area contributed by atoms with Gasteiger partial charge >= 0.3 is 0 Å². The van der Waals surface area contributed by atoms with Crippen LogP contribution < -0.4 is 5.32 Å². The number of benzene rings is 3. The van der Waals surface area contributed by atoms with Crippen LogP contribution in [-0.2, 0) is 10.2 Å². The van der Waals surface area contributed by atoms with Crippen LogP contribution in [0.3, 0.4) is 0 Å².